The molecule has 126 valence electrons. The Hall–Kier alpha value is -1.46. The number of carbonyl (C=O) groups excluding carboxylic acids is 1. The number of hydrogen-bond donors (Lipinski definition) is 1. The van der Waals surface area contributed by atoms with Crippen LogP contribution in [0.25, 0.3) is 0 Å². The van der Waals surface area contributed by atoms with E-state index in [0.29, 0.717) is 13.1 Å². The van der Waals surface area contributed by atoms with Crippen molar-refractivity contribution in [3.8, 4) is 0 Å². The van der Waals surface area contributed by atoms with Gasteiger partial charge in [0.1, 0.15) is 11.9 Å². The fourth-order valence-electron chi connectivity index (χ4n) is 3.56. The number of rotatable bonds is 3. The molecule has 2 heterocycles. The summed E-state index contributed by atoms with van der Waals surface area (Å²) in [6, 6.07) is 6.00. The largest absolute Gasteiger partial charge is 0.388 e. The van der Waals surface area contributed by atoms with Crippen molar-refractivity contribution in [1.82, 2.24) is 4.90 Å². The molecule has 0 radical (unpaired) electrons. The summed E-state index contributed by atoms with van der Waals surface area (Å²) < 4.78 is 18.6. The average Bonchev–Trinajstić information content (AvgIpc) is 3.01. The minimum absolute atomic E-state index is 0.0871. The molecule has 1 N–H and O–H groups in total. The van der Waals surface area contributed by atoms with Crippen LogP contribution in [0.4, 0.5) is 4.39 Å². The van der Waals surface area contributed by atoms with Crippen LogP contribution in [-0.2, 0) is 9.53 Å². The van der Waals surface area contributed by atoms with Crippen molar-refractivity contribution < 1.29 is 19.0 Å². The molecule has 4 nitrogen and oxygen atoms in total. The topological polar surface area (TPSA) is 49.8 Å². The molecule has 0 aliphatic carbocycles. The lowest BCUT2D eigenvalue weighted by Crippen LogP contribution is -2.44. The highest BCUT2D eigenvalue weighted by Crippen LogP contribution is 2.31. The summed E-state index contributed by atoms with van der Waals surface area (Å²) in [7, 11) is 0. The Balaban J connectivity index is 1.53. The van der Waals surface area contributed by atoms with E-state index in [9.17, 15) is 14.3 Å². The molecule has 1 amide bonds. The van der Waals surface area contributed by atoms with Gasteiger partial charge in [-0.2, -0.15) is 0 Å². The number of likely N-dealkylation sites (tertiary alicyclic amines) is 1. The Kier molecular flexibility index (Phi) is 4.97. The summed E-state index contributed by atoms with van der Waals surface area (Å²) in [4.78, 5) is 14.3. The fourth-order valence-corrected chi connectivity index (χ4v) is 3.56. The molecule has 1 aromatic rings. The number of benzene rings is 1. The third-order valence-corrected chi connectivity index (χ3v) is 5.02. The van der Waals surface area contributed by atoms with Crippen LogP contribution in [0.1, 0.15) is 44.3 Å². The van der Waals surface area contributed by atoms with Gasteiger partial charge in [0, 0.05) is 13.1 Å². The highest BCUT2D eigenvalue weighted by Gasteiger charge is 2.34. The maximum atomic E-state index is 13.0. The number of amides is 1. The second kappa shape index (κ2) is 6.97. The first kappa shape index (κ1) is 16.4. The molecule has 2 aliphatic rings. The standard InChI is InChI=1S/C18H24FNO3/c1-12-2-7-16(23-12)18(22)20-10-8-14(9-11-20)17(21)13-3-5-15(19)6-4-13/h3-6,12,14,16-17,21H,2,7-11H2,1H3. The summed E-state index contributed by atoms with van der Waals surface area (Å²) >= 11 is 0. The summed E-state index contributed by atoms with van der Waals surface area (Å²) in [5.41, 5.74) is 0.740. The van der Waals surface area contributed by atoms with Gasteiger partial charge in [0.05, 0.1) is 12.2 Å². The average molecular weight is 321 g/mol. The summed E-state index contributed by atoms with van der Waals surface area (Å²) in [6.07, 6.45) is 2.54. The third-order valence-electron chi connectivity index (χ3n) is 5.02. The van der Waals surface area contributed by atoms with E-state index in [1.807, 2.05) is 11.8 Å². The molecular weight excluding hydrogens is 297 g/mol. The first-order valence-electron chi connectivity index (χ1n) is 8.42. The summed E-state index contributed by atoms with van der Waals surface area (Å²) in [5.74, 6) is -0.107. The Bertz CT molecular complexity index is 540. The molecule has 3 unspecified atom stereocenters. The van der Waals surface area contributed by atoms with Gasteiger partial charge in [-0.25, -0.2) is 4.39 Å². The van der Waals surface area contributed by atoms with Crippen LogP contribution in [0.2, 0.25) is 0 Å². The molecule has 5 heteroatoms. The second-order valence-corrected chi connectivity index (χ2v) is 6.67. The van der Waals surface area contributed by atoms with E-state index in [4.69, 9.17) is 4.74 Å². The lowest BCUT2D eigenvalue weighted by atomic mass is 9.87. The number of carbonyl (C=O) groups is 1. The quantitative estimate of drug-likeness (QED) is 0.931. The lowest BCUT2D eigenvalue weighted by molar-refractivity contribution is -0.144. The Morgan fingerprint density at radius 1 is 1.22 bits per heavy atom. The molecule has 0 aromatic heterocycles. The van der Waals surface area contributed by atoms with Crippen LogP contribution in [0.15, 0.2) is 24.3 Å². The van der Waals surface area contributed by atoms with Crippen molar-refractivity contribution in [3.05, 3.63) is 35.6 Å². The van der Waals surface area contributed by atoms with Gasteiger partial charge in [0.15, 0.2) is 0 Å². The van der Waals surface area contributed by atoms with Crippen LogP contribution in [0.3, 0.4) is 0 Å². The number of halogens is 1. The van der Waals surface area contributed by atoms with E-state index in [0.717, 1.165) is 31.2 Å². The summed E-state index contributed by atoms with van der Waals surface area (Å²) in [6.45, 7) is 3.30. The number of aliphatic hydroxyl groups excluding tert-OH is 1. The van der Waals surface area contributed by atoms with Gasteiger partial charge in [-0.15, -0.1) is 0 Å². The van der Waals surface area contributed by atoms with Crippen molar-refractivity contribution in [2.24, 2.45) is 5.92 Å². The molecule has 2 aliphatic heterocycles. The molecule has 0 saturated carbocycles. The molecule has 3 atom stereocenters. The van der Waals surface area contributed by atoms with Crippen LogP contribution in [-0.4, -0.2) is 41.2 Å². The molecular formula is C18H24FNO3. The first-order chi connectivity index (χ1) is 11.0. The van der Waals surface area contributed by atoms with Crippen molar-refractivity contribution >= 4 is 5.91 Å². The Morgan fingerprint density at radius 3 is 2.43 bits per heavy atom. The van der Waals surface area contributed by atoms with Gasteiger partial charge < -0.3 is 14.7 Å². The first-order valence-corrected chi connectivity index (χ1v) is 8.42. The number of nitrogens with zero attached hydrogens (tertiary/aromatic N) is 1. The molecule has 3 rings (SSSR count). The van der Waals surface area contributed by atoms with Crippen LogP contribution in [0.5, 0.6) is 0 Å². The van der Waals surface area contributed by atoms with Gasteiger partial charge >= 0.3 is 0 Å². The summed E-state index contributed by atoms with van der Waals surface area (Å²) in [5, 5.41) is 10.5. The molecule has 1 aromatic carbocycles. The number of ether oxygens (including phenoxy) is 1. The van der Waals surface area contributed by atoms with Gasteiger partial charge in [0.2, 0.25) is 0 Å². The molecule has 0 spiro atoms. The van der Waals surface area contributed by atoms with E-state index in [-0.39, 0.29) is 29.9 Å². The van der Waals surface area contributed by atoms with Crippen molar-refractivity contribution in [3.63, 3.8) is 0 Å². The third kappa shape index (κ3) is 3.72. The Morgan fingerprint density at radius 2 is 1.87 bits per heavy atom. The lowest BCUT2D eigenvalue weighted by Gasteiger charge is -2.35. The van der Waals surface area contributed by atoms with Gasteiger partial charge in [0.25, 0.3) is 5.91 Å². The van der Waals surface area contributed by atoms with Gasteiger partial charge in [-0.3, -0.25) is 4.79 Å². The zero-order valence-corrected chi connectivity index (χ0v) is 13.5. The van der Waals surface area contributed by atoms with E-state index < -0.39 is 6.10 Å². The van der Waals surface area contributed by atoms with E-state index >= 15 is 0 Å². The minimum atomic E-state index is -0.601. The smallest absolute Gasteiger partial charge is 0.251 e. The van der Waals surface area contributed by atoms with Crippen molar-refractivity contribution in [2.45, 2.75) is 50.9 Å². The fraction of sp³-hybridized carbons (Fsp3) is 0.611. The minimum Gasteiger partial charge on any atom is -0.388 e. The van der Waals surface area contributed by atoms with Gasteiger partial charge in [-0.05, 0) is 56.2 Å². The van der Waals surface area contributed by atoms with E-state index in [1.165, 1.54) is 12.1 Å². The van der Waals surface area contributed by atoms with Crippen LogP contribution >= 0.6 is 0 Å². The monoisotopic (exact) mass is 321 g/mol. The normalized spacial score (nSPS) is 27.2. The SMILES string of the molecule is CC1CCC(C(=O)N2CCC(C(O)c3ccc(F)cc3)CC2)O1. The maximum Gasteiger partial charge on any atom is 0.251 e. The molecule has 2 saturated heterocycles. The zero-order chi connectivity index (χ0) is 16.4. The predicted molar refractivity (Wildman–Crippen MR) is 84.2 cm³/mol. The van der Waals surface area contributed by atoms with Gasteiger partial charge in [-0.1, -0.05) is 12.1 Å². The molecule has 0 bridgehead atoms. The zero-order valence-electron chi connectivity index (χ0n) is 13.5. The number of aliphatic hydroxyl groups is 1. The Labute approximate surface area is 136 Å². The molecule has 2 fully saturated rings. The number of piperidine rings is 1. The maximum absolute atomic E-state index is 13.0. The van der Waals surface area contributed by atoms with E-state index in [1.54, 1.807) is 12.1 Å². The van der Waals surface area contributed by atoms with Crippen molar-refractivity contribution in [1.29, 1.82) is 0 Å². The highest BCUT2D eigenvalue weighted by atomic mass is 19.1. The van der Waals surface area contributed by atoms with Crippen LogP contribution < -0.4 is 0 Å². The predicted octanol–water partition coefficient (Wildman–Crippen LogP) is 2.67. The second-order valence-electron chi connectivity index (χ2n) is 6.67. The van der Waals surface area contributed by atoms with Crippen molar-refractivity contribution in [2.75, 3.05) is 13.1 Å². The molecule has 23 heavy (non-hydrogen) atoms. The van der Waals surface area contributed by atoms with E-state index in [2.05, 4.69) is 0 Å². The highest BCUT2D eigenvalue weighted by molar-refractivity contribution is 5.81. The number of hydrogen-bond acceptors (Lipinski definition) is 3. The van der Waals surface area contributed by atoms with Crippen LogP contribution in [0, 0.1) is 11.7 Å².